The van der Waals surface area contributed by atoms with Crippen LogP contribution in [0.4, 0.5) is 0 Å². The van der Waals surface area contributed by atoms with Gasteiger partial charge in [-0.25, -0.2) is 0 Å². The monoisotopic (exact) mass is 1180 g/mol. The van der Waals surface area contributed by atoms with Crippen molar-refractivity contribution in [1.82, 2.24) is 0 Å². The Labute approximate surface area is 516 Å². The smallest absolute Gasteiger partial charge is 0.126 e. The van der Waals surface area contributed by atoms with Gasteiger partial charge in [0.05, 0.1) is 39.6 Å². The molecule has 0 saturated carbocycles. The molecule has 0 N–H and O–H groups in total. The number of hydrogen-bond acceptors (Lipinski definition) is 12. The van der Waals surface area contributed by atoms with Crippen LogP contribution < -0.4 is 28.4 Å². The quantitative estimate of drug-likeness (QED) is 0.0357. The van der Waals surface area contributed by atoms with Gasteiger partial charge in [0.1, 0.15) is 111 Å². The zero-order valence-corrected chi connectivity index (χ0v) is 53.1. The predicted octanol–water partition coefficient (Wildman–Crippen LogP) is 13.9. The molecule has 0 aromatic heterocycles. The fraction of sp³-hybridized carbons (Fsp3) is 0.520. The lowest BCUT2D eigenvalue weighted by Crippen LogP contribution is -2.33. The highest BCUT2D eigenvalue weighted by Gasteiger charge is 2.42. The lowest BCUT2D eigenvalue weighted by Gasteiger charge is -2.40. The molecule has 0 radical (unpaired) electrons. The van der Waals surface area contributed by atoms with Crippen LogP contribution >= 0.6 is 0 Å². The van der Waals surface area contributed by atoms with Crippen molar-refractivity contribution in [2.45, 2.75) is 171 Å². The van der Waals surface area contributed by atoms with E-state index in [9.17, 15) is 0 Å². The molecule has 6 saturated heterocycles. The summed E-state index contributed by atoms with van der Waals surface area (Å²) >= 11 is 0. The summed E-state index contributed by atoms with van der Waals surface area (Å²) in [6, 6.07) is 44.7. The normalized spacial score (nSPS) is 21.2. The Morgan fingerprint density at radius 2 is 0.621 bits per heavy atom. The second kappa shape index (κ2) is 25.4. The molecule has 6 aromatic rings. The van der Waals surface area contributed by atoms with Crippen LogP contribution in [-0.4, -0.2) is 116 Å². The number of ether oxygens (including phenoxy) is 12. The second-order valence-corrected chi connectivity index (χ2v) is 26.9. The molecule has 464 valence electrons. The Morgan fingerprint density at radius 3 is 1.02 bits per heavy atom. The maximum atomic E-state index is 7.46. The van der Waals surface area contributed by atoms with E-state index in [2.05, 4.69) is 191 Å². The minimum atomic E-state index is -0.447. The van der Waals surface area contributed by atoms with E-state index in [1.165, 1.54) is 50.1 Å². The first-order valence-corrected chi connectivity index (χ1v) is 32.3. The molecule has 6 aromatic carbocycles. The fourth-order valence-corrected chi connectivity index (χ4v) is 12.6. The summed E-state index contributed by atoms with van der Waals surface area (Å²) < 4.78 is 73.4. The Balaban J connectivity index is 0.981. The van der Waals surface area contributed by atoms with Gasteiger partial charge in [0.15, 0.2) is 0 Å². The van der Waals surface area contributed by atoms with E-state index in [0.717, 1.165) is 85.6 Å². The van der Waals surface area contributed by atoms with Gasteiger partial charge in [-0.15, -0.1) is 0 Å². The molecular formula is C75H92O12. The molecule has 6 aliphatic rings. The number of rotatable bonds is 34. The summed E-state index contributed by atoms with van der Waals surface area (Å²) in [5.41, 5.74) is 10.0. The SMILES string of the molecule is CCC(CC)(Cc1cc(C(C)(C)c2ccc(OC[C@H]3CO3)cc2)cc(C(CC)(CC)Cc2cc(C(C)(C)c3ccc(OC[C@H]4CO4)cc3)ccc2OCC2CO2)c1OCC1CO1)c1cc(C(C)(C)c2ccc(OC[C@H]3CO3)cc2)ccc1OCC1CO1. The molecule has 87 heavy (non-hydrogen) atoms. The van der Waals surface area contributed by atoms with E-state index in [-0.39, 0.29) is 47.5 Å². The van der Waals surface area contributed by atoms with E-state index in [4.69, 9.17) is 56.8 Å². The highest BCUT2D eigenvalue weighted by molar-refractivity contribution is 5.57. The van der Waals surface area contributed by atoms with Gasteiger partial charge in [-0.05, 0) is 132 Å². The van der Waals surface area contributed by atoms with Crippen LogP contribution in [0.25, 0.3) is 0 Å². The van der Waals surface area contributed by atoms with Crippen molar-refractivity contribution in [3.63, 3.8) is 0 Å². The van der Waals surface area contributed by atoms with Crippen molar-refractivity contribution in [2.24, 2.45) is 0 Å². The lowest BCUT2D eigenvalue weighted by molar-refractivity contribution is 0.244. The molecule has 6 fully saturated rings. The highest BCUT2D eigenvalue weighted by Crippen LogP contribution is 2.51. The molecule has 12 nitrogen and oxygen atoms in total. The summed E-state index contributed by atoms with van der Waals surface area (Å²) in [5.74, 6) is 5.28. The summed E-state index contributed by atoms with van der Waals surface area (Å²) in [6.07, 6.45) is 5.59. The maximum Gasteiger partial charge on any atom is 0.126 e. The summed E-state index contributed by atoms with van der Waals surface area (Å²) in [6.45, 7) is 31.0. The van der Waals surface area contributed by atoms with Gasteiger partial charge in [-0.2, -0.15) is 0 Å². The zero-order valence-electron chi connectivity index (χ0n) is 53.1. The van der Waals surface area contributed by atoms with Gasteiger partial charge in [0.25, 0.3) is 0 Å². The Kier molecular flexibility index (Phi) is 17.8. The highest BCUT2D eigenvalue weighted by atomic mass is 16.6. The average Bonchev–Trinajstić information content (AvgIpc) is 2.07. The molecule has 0 aliphatic carbocycles. The van der Waals surface area contributed by atoms with E-state index in [0.29, 0.717) is 72.3 Å². The molecule has 12 rings (SSSR count). The first-order chi connectivity index (χ1) is 42.0. The molecule has 3 unspecified atom stereocenters. The molecule has 6 heterocycles. The van der Waals surface area contributed by atoms with Crippen LogP contribution in [0, 0.1) is 0 Å². The Hall–Kier alpha value is -6.12. The molecule has 12 heteroatoms. The van der Waals surface area contributed by atoms with E-state index < -0.39 is 16.2 Å². The van der Waals surface area contributed by atoms with Crippen molar-refractivity contribution < 1.29 is 56.8 Å². The fourth-order valence-electron chi connectivity index (χ4n) is 12.6. The molecule has 6 aliphatic heterocycles. The van der Waals surface area contributed by atoms with Crippen LogP contribution in [0.2, 0.25) is 0 Å². The predicted molar refractivity (Wildman–Crippen MR) is 338 cm³/mol. The van der Waals surface area contributed by atoms with Crippen molar-refractivity contribution >= 4 is 0 Å². The third-order valence-electron chi connectivity index (χ3n) is 20.0. The minimum Gasteiger partial charge on any atom is -0.491 e. The van der Waals surface area contributed by atoms with Crippen LogP contribution in [0.1, 0.15) is 151 Å². The Bertz CT molecular complexity index is 3280. The summed E-state index contributed by atoms with van der Waals surface area (Å²) in [5, 5.41) is 0. The van der Waals surface area contributed by atoms with Crippen LogP contribution in [0.3, 0.4) is 0 Å². The summed E-state index contributed by atoms with van der Waals surface area (Å²) in [7, 11) is 0. The number of hydrogen-bond donors (Lipinski definition) is 0. The first-order valence-electron chi connectivity index (χ1n) is 32.3. The molecule has 0 bridgehead atoms. The lowest BCUT2D eigenvalue weighted by atomic mass is 9.65. The largest absolute Gasteiger partial charge is 0.491 e. The van der Waals surface area contributed by atoms with E-state index in [1.54, 1.807) is 0 Å². The van der Waals surface area contributed by atoms with E-state index in [1.807, 2.05) is 0 Å². The standard InChI is InChI=1S/C75H92O12/c1-11-74(12-2,66-33-55(22-30-69(66)86-47-64-44-83-64)72(7,8)52-17-25-58(26-18-52)77-38-61-41-80-61)36-50-32-56(73(9,10)53-19-27-59(28-20-53)78-39-62-42-81-62)34-67(70(50)87-48-65-45-84-65)75(13-3,14-4)35-49-31-54(21-29-68(49)85-46-63-43-82-63)71(5,6)51-15-23-57(24-16-51)76-37-60-40-79-60/h15-34,60-65H,11-14,35-48H2,1-10H3/t60-,61-,62-,63?,64?,65?/m0/s1. The van der Waals surface area contributed by atoms with Gasteiger partial charge in [-0.3, -0.25) is 0 Å². The number of epoxide rings is 6. The molecule has 0 amide bonds. The van der Waals surface area contributed by atoms with Crippen LogP contribution in [-0.2, 0) is 68.3 Å². The topological polar surface area (TPSA) is 131 Å². The van der Waals surface area contributed by atoms with Gasteiger partial charge >= 0.3 is 0 Å². The van der Waals surface area contributed by atoms with Gasteiger partial charge in [-0.1, -0.05) is 142 Å². The first kappa shape index (κ1) is 61.1. The second-order valence-electron chi connectivity index (χ2n) is 26.9. The maximum absolute atomic E-state index is 7.46. The third kappa shape index (κ3) is 14.3. The third-order valence-corrected chi connectivity index (χ3v) is 20.0. The number of benzene rings is 6. The molecule has 0 spiro atoms. The molecule has 6 atom stereocenters. The van der Waals surface area contributed by atoms with Gasteiger partial charge in [0, 0.05) is 38.2 Å². The van der Waals surface area contributed by atoms with E-state index >= 15 is 0 Å². The van der Waals surface area contributed by atoms with Crippen LogP contribution in [0.15, 0.2) is 121 Å². The minimum absolute atomic E-state index is 0.0293. The van der Waals surface area contributed by atoms with Gasteiger partial charge in [0.2, 0.25) is 0 Å². The average molecular weight is 1190 g/mol. The van der Waals surface area contributed by atoms with Crippen LogP contribution in [0.5, 0.6) is 34.5 Å². The zero-order chi connectivity index (χ0) is 60.6. The Morgan fingerprint density at radius 1 is 0.322 bits per heavy atom. The van der Waals surface area contributed by atoms with Crippen molar-refractivity contribution in [2.75, 3.05) is 79.3 Å². The van der Waals surface area contributed by atoms with Gasteiger partial charge < -0.3 is 56.8 Å². The van der Waals surface area contributed by atoms with Crippen molar-refractivity contribution in [3.8, 4) is 34.5 Å². The van der Waals surface area contributed by atoms with Crippen molar-refractivity contribution in [1.29, 1.82) is 0 Å². The summed E-state index contributed by atoms with van der Waals surface area (Å²) in [4.78, 5) is 0. The van der Waals surface area contributed by atoms with Crippen molar-refractivity contribution in [3.05, 3.63) is 177 Å². The molecular weight excluding hydrogens is 1090 g/mol.